The third kappa shape index (κ3) is 0.721. The van der Waals surface area contributed by atoms with E-state index in [0.29, 0.717) is 12.5 Å². The predicted octanol–water partition coefficient (Wildman–Crippen LogP) is 0.747. The zero-order valence-electron chi connectivity index (χ0n) is 5.09. The van der Waals surface area contributed by atoms with Crippen molar-refractivity contribution in [2.45, 2.75) is 19.1 Å². The van der Waals surface area contributed by atoms with Gasteiger partial charge in [-0.15, -0.1) is 0 Å². The maximum atomic E-state index is 7.27. The van der Waals surface area contributed by atoms with E-state index >= 15 is 0 Å². The smallest absolute Gasteiger partial charge is 0.201 e. The van der Waals surface area contributed by atoms with Gasteiger partial charge in [-0.3, -0.25) is 5.41 Å². The highest BCUT2D eigenvalue weighted by Crippen LogP contribution is 2.27. The molecule has 3 fully saturated rings. The molecule has 2 atom stereocenters. The minimum absolute atomic E-state index is 0.0949. The van der Waals surface area contributed by atoms with Crippen molar-refractivity contribution in [3.05, 3.63) is 0 Å². The molecule has 3 aliphatic rings. The molecule has 3 aliphatic heterocycles. The van der Waals surface area contributed by atoms with Crippen LogP contribution in [0.15, 0.2) is 0 Å². The van der Waals surface area contributed by atoms with Gasteiger partial charge >= 0.3 is 0 Å². The number of nitrogens with one attached hydrogen (secondary N) is 1. The monoisotopic (exact) mass is 127 g/mol. The summed E-state index contributed by atoms with van der Waals surface area (Å²) < 4.78 is 10.2. The normalized spacial score (nSPS) is 40.7. The largest absolute Gasteiger partial charge is 0.452 e. The van der Waals surface area contributed by atoms with Crippen LogP contribution in [0.1, 0.15) is 12.8 Å². The molecular formula is C6H9NO2. The van der Waals surface area contributed by atoms with Crippen molar-refractivity contribution in [3.63, 3.8) is 0 Å². The average Bonchev–Trinajstić information content (AvgIpc) is 1.90. The van der Waals surface area contributed by atoms with Crippen LogP contribution < -0.4 is 0 Å². The molecule has 3 rings (SSSR count). The van der Waals surface area contributed by atoms with Crippen molar-refractivity contribution in [1.29, 1.82) is 5.41 Å². The lowest BCUT2D eigenvalue weighted by molar-refractivity contribution is -0.158. The molecule has 0 aromatic carbocycles. The summed E-state index contributed by atoms with van der Waals surface area (Å²) in [4.78, 5) is 0. The van der Waals surface area contributed by atoms with Gasteiger partial charge in [0.2, 0.25) is 6.29 Å². The summed E-state index contributed by atoms with van der Waals surface area (Å²) in [6, 6.07) is 0. The topological polar surface area (TPSA) is 42.3 Å². The van der Waals surface area contributed by atoms with E-state index in [1.165, 1.54) is 0 Å². The standard InChI is InChI=1S/C6H9NO2/c7-6-4-1-2-5(9-6)8-3-4/h4-5,7H,1-3H2. The van der Waals surface area contributed by atoms with Gasteiger partial charge in [0.15, 0.2) is 5.90 Å². The van der Waals surface area contributed by atoms with Gasteiger partial charge in [0.05, 0.1) is 12.5 Å². The molecule has 1 N–H and O–H groups in total. The Morgan fingerprint density at radius 1 is 1.44 bits per heavy atom. The maximum Gasteiger partial charge on any atom is 0.201 e. The average molecular weight is 127 g/mol. The van der Waals surface area contributed by atoms with Gasteiger partial charge in [-0.05, 0) is 6.42 Å². The molecule has 0 aromatic heterocycles. The van der Waals surface area contributed by atoms with Gasteiger partial charge in [0.25, 0.3) is 0 Å². The Morgan fingerprint density at radius 3 is 2.56 bits per heavy atom. The second-order valence-electron chi connectivity index (χ2n) is 2.52. The number of ether oxygens (including phenoxy) is 2. The number of hydrogen-bond donors (Lipinski definition) is 1. The van der Waals surface area contributed by atoms with E-state index in [-0.39, 0.29) is 12.2 Å². The van der Waals surface area contributed by atoms with Crippen LogP contribution >= 0.6 is 0 Å². The molecule has 0 aromatic rings. The van der Waals surface area contributed by atoms with E-state index in [1.807, 2.05) is 0 Å². The van der Waals surface area contributed by atoms with Crippen LogP contribution in [0.2, 0.25) is 0 Å². The lowest BCUT2D eigenvalue weighted by atomic mass is 9.99. The highest BCUT2D eigenvalue weighted by atomic mass is 16.7. The predicted molar refractivity (Wildman–Crippen MR) is 31.3 cm³/mol. The Balaban J connectivity index is 2.15. The Bertz CT molecular complexity index is 138. The van der Waals surface area contributed by atoms with E-state index in [1.54, 1.807) is 0 Å². The first kappa shape index (κ1) is 5.23. The molecule has 0 aliphatic carbocycles. The summed E-state index contributed by atoms with van der Waals surface area (Å²) >= 11 is 0. The van der Waals surface area contributed by atoms with Gasteiger partial charge in [0.1, 0.15) is 0 Å². The number of rotatable bonds is 0. The van der Waals surface area contributed by atoms with Crippen LogP contribution in [0.25, 0.3) is 0 Å². The van der Waals surface area contributed by atoms with Gasteiger partial charge in [-0.25, -0.2) is 0 Å². The van der Waals surface area contributed by atoms with Gasteiger partial charge in [0, 0.05) is 6.42 Å². The SMILES string of the molecule is N=C1OC2CCC1CO2. The van der Waals surface area contributed by atoms with Crippen molar-refractivity contribution in [2.24, 2.45) is 5.92 Å². The van der Waals surface area contributed by atoms with Crippen molar-refractivity contribution >= 4 is 5.90 Å². The fourth-order valence-electron chi connectivity index (χ4n) is 1.26. The van der Waals surface area contributed by atoms with E-state index < -0.39 is 0 Å². The second kappa shape index (κ2) is 1.70. The Labute approximate surface area is 53.5 Å². The molecule has 2 unspecified atom stereocenters. The van der Waals surface area contributed by atoms with Crippen LogP contribution in [0.3, 0.4) is 0 Å². The summed E-state index contributed by atoms with van der Waals surface area (Å²) in [6.45, 7) is 0.698. The number of fused-ring (bicyclic) bond motifs is 3. The second-order valence-corrected chi connectivity index (χ2v) is 2.52. The molecule has 50 valence electrons. The van der Waals surface area contributed by atoms with Crippen LogP contribution in [0.4, 0.5) is 0 Å². The fourth-order valence-corrected chi connectivity index (χ4v) is 1.26. The first-order chi connectivity index (χ1) is 4.36. The minimum atomic E-state index is -0.0949. The van der Waals surface area contributed by atoms with Gasteiger partial charge < -0.3 is 9.47 Å². The summed E-state index contributed by atoms with van der Waals surface area (Å²) in [6.07, 6.45) is 1.94. The van der Waals surface area contributed by atoms with E-state index in [4.69, 9.17) is 14.9 Å². The molecular weight excluding hydrogens is 118 g/mol. The zero-order valence-corrected chi connectivity index (χ0v) is 5.09. The molecule has 3 nitrogen and oxygen atoms in total. The lowest BCUT2D eigenvalue weighted by Crippen LogP contribution is -2.41. The van der Waals surface area contributed by atoms with E-state index in [9.17, 15) is 0 Å². The van der Waals surface area contributed by atoms with E-state index in [0.717, 1.165) is 12.8 Å². The van der Waals surface area contributed by atoms with Crippen molar-refractivity contribution in [2.75, 3.05) is 6.61 Å². The van der Waals surface area contributed by atoms with Crippen LogP contribution in [-0.4, -0.2) is 18.8 Å². The molecule has 0 amide bonds. The van der Waals surface area contributed by atoms with Crippen molar-refractivity contribution in [3.8, 4) is 0 Å². The highest BCUT2D eigenvalue weighted by Gasteiger charge is 2.33. The maximum absolute atomic E-state index is 7.27. The molecule has 9 heavy (non-hydrogen) atoms. The third-order valence-electron chi connectivity index (χ3n) is 1.86. The molecule has 0 radical (unpaired) electrons. The molecule has 0 spiro atoms. The van der Waals surface area contributed by atoms with Gasteiger partial charge in [-0.1, -0.05) is 0 Å². The zero-order chi connectivity index (χ0) is 6.27. The van der Waals surface area contributed by atoms with E-state index in [2.05, 4.69) is 0 Å². The summed E-state index contributed by atoms with van der Waals surface area (Å²) in [5.41, 5.74) is 0. The summed E-state index contributed by atoms with van der Waals surface area (Å²) in [5, 5.41) is 7.27. The van der Waals surface area contributed by atoms with Crippen molar-refractivity contribution < 1.29 is 9.47 Å². The third-order valence-corrected chi connectivity index (χ3v) is 1.86. The van der Waals surface area contributed by atoms with Crippen LogP contribution in [0.5, 0.6) is 0 Å². The van der Waals surface area contributed by atoms with Gasteiger partial charge in [-0.2, -0.15) is 0 Å². The highest BCUT2D eigenvalue weighted by molar-refractivity contribution is 5.76. The molecule has 3 heterocycles. The van der Waals surface area contributed by atoms with Crippen LogP contribution in [-0.2, 0) is 9.47 Å². The molecule has 2 bridgehead atoms. The number of hydrogen-bond acceptors (Lipinski definition) is 3. The lowest BCUT2D eigenvalue weighted by Gasteiger charge is -2.36. The first-order valence-corrected chi connectivity index (χ1v) is 3.23. The Kier molecular flexibility index (Phi) is 0.990. The molecule has 0 saturated carbocycles. The van der Waals surface area contributed by atoms with Crippen molar-refractivity contribution in [1.82, 2.24) is 0 Å². The molecule has 3 heteroatoms. The summed E-state index contributed by atoms with van der Waals surface area (Å²) in [7, 11) is 0. The molecule has 3 saturated heterocycles. The Morgan fingerprint density at radius 2 is 2.33 bits per heavy atom. The Hall–Kier alpha value is -0.570. The fraction of sp³-hybridized carbons (Fsp3) is 0.833. The minimum Gasteiger partial charge on any atom is -0.452 e. The quantitative estimate of drug-likeness (QED) is 0.521. The first-order valence-electron chi connectivity index (χ1n) is 3.23. The summed E-state index contributed by atoms with van der Waals surface area (Å²) in [5.74, 6) is 0.688. The van der Waals surface area contributed by atoms with Crippen LogP contribution in [0, 0.1) is 11.3 Å².